The first-order chi connectivity index (χ1) is 32.3. The number of hydrogen-bond donors (Lipinski definition) is 0. The first-order valence-electron chi connectivity index (χ1n) is 22.3. The minimum atomic E-state index is 0.908. The third-order valence-corrected chi connectivity index (χ3v) is 13.9. The van der Waals surface area contributed by atoms with Gasteiger partial charge in [-0.05, 0) is 103 Å². The lowest BCUT2D eigenvalue weighted by Crippen LogP contribution is -1.98. The standard InChI is InChI=1S/C60H36N4O/c1-2-15-37(16-3-1)61-51-26-11-6-21-43(51)48-36-40(29-32-54(48)61)64-53-28-13-8-23-47(53)58-56(64)34-31-45-44-30-33-55-57(59(44)65-60(45)58)46-22-7-12-27-52(46)63(55)39-18-14-17-38(35-39)62-49-24-9-4-19-41(49)42-20-5-10-25-50(42)62/h1-36H. The van der Waals surface area contributed by atoms with Crippen LogP contribution < -0.4 is 0 Å². The van der Waals surface area contributed by atoms with Crippen molar-refractivity contribution >= 4 is 109 Å². The summed E-state index contributed by atoms with van der Waals surface area (Å²) in [7, 11) is 0. The third-order valence-electron chi connectivity index (χ3n) is 13.9. The molecule has 15 aromatic rings. The van der Waals surface area contributed by atoms with Crippen molar-refractivity contribution in [1.82, 2.24) is 18.3 Å². The highest BCUT2D eigenvalue weighted by Gasteiger charge is 2.24. The second-order valence-electron chi connectivity index (χ2n) is 17.3. The number of hydrogen-bond acceptors (Lipinski definition) is 1. The fourth-order valence-electron chi connectivity index (χ4n) is 11.3. The summed E-state index contributed by atoms with van der Waals surface area (Å²) in [4.78, 5) is 0. The summed E-state index contributed by atoms with van der Waals surface area (Å²) in [6, 6.07) is 79.3. The fraction of sp³-hybridized carbons (Fsp3) is 0. The maximum atomic E-state index is 7.32. The van der Waals surface area contributed by atoms with E-state index in [4.69, 9.17) is 4.42 Å². The van der Waals surface area contributed by atoms with Crippen LogP contribution in [-0.4, -0.2) is 18.3 Å². The first kappa shape index (κ1) is 34.7. The molecule has 0 unspecified atom stereocenters. The molecule has 0 spiro atoms. The molecule has 0 amide bonds. The topological polar surface area (TPSA) is 32.9 Å². The van der Waals surface area contributed by atoms with Gasteiger partial charge in [0, 0.05) is 65.8 Å². The molecular formula is C60H36N4O. The van der Waals surface area contributed by atoms with Crippen LogP contribution in [0.2, 0.25) is 0 Å². The number of fused-ring (bicyclic) bond motifs is 17. The lowest BCUT2D eigenvalue weighted by Gasteiger charge is -2.12. The van der Waals surface area contributed by atoms with Crippen LogP contribution in [0.25, 0.3) is 132 Å². The van der Waals surface area contributed by atoms with Crippen molar-refractivity contribution in [3.8, 4) is 22.7 Å². The molecule has 0 N–H and O–H groups in total. The molecule has 0 aliphatic carbocycles. The predicted molar refractivity (Wildman–Crippen MR) is 271 cm³/mol. The monoisotopic (exact) mass is 828 g/mol. The van der Waals surface area contributed by atoms with Crippen molar-refractivity contribution in [2.45, 2.75) is 0 Å². The van der Waals surface area contributed by atoms with Crippen molar-refractivity contribution in [2.75, 3.05) is 0 Å². The van der Waals surface area contributed by atoms with Gasteiger partial charge in [0.2, 0.25) is 0 Å². The quantitative estimate of drug-likeness (QED) is 0.174. The largest absolute Gasteiger partial charge is 0.455 e. The van der Waals surface area contributed by atoms with Gasteiger partial charge in [0.05, 0.1) is 54.9 Å². The number of rotatable bonds is 4. The van der Waals surface area contributed by atoms with Gasteiger partial charge >= 0.3 is 0 Å². The number of nitrogens with zero attached hydrogens (tertiary/aromatic N) is 4. The minimum Gasteiger partial charge on any atom is -0.455 e. The molecule has 0 fully saturated rings. The number of furan rings is 1. The maximum absolute atomic E-state index is 7.32. The van der Waals surface area contributed by atoms with Crippen LogP contribution >= 0.6 is 0 Å². The average Bonchev–Trinajstić information content (AvgIpc) is 4.17. The second-order valence-corrected chi connectivity index (χ2v) is 17.3. The zero-order chi connectivity index (χ0) is 42.3. The van der Waals surface area contributed by atoms with Gasteiger partial charge in [-0.1, -0.05) is 115 Å². The summed E-state index contributed by atoms with van der Waals surface area (Å²) in [5, 5.41) is 11.8. The van der Waals surface area contributed by atoms with Crippen LogP contribution in [0.15, 0.2) is 223 Å². The zero-order valence-corrected chi connectivity index (χ0v) is 35.0. The molecule has 5 heteroatoms. The molecule has 0 saturated heterocycles. The van der Waals surface area contributed by atoms with Crippen molar-refractivity contribution in [3.63, 3.8) is 0 Å². The molecule has 0 bridgehead atoms. The molecule has 302 valence electrons. The highest BCUT2D eigenvalue weighted by Crippen LogP contribution is 2.45. The Bertz CT molecular complexity index is 4420. The minimum absolute atomic E-state index is 0.908. The van der Waals surface area contributed by atoms with Gasteiger partial charge in [-0.15, -0.1) is 0 Å². The highest BCUT2D eigenvalue weighted by atomic mass is 16.3. The Morgan fingerprint density at radius 3 is 1.09 bits per heavy atom. The van der Waals surface area contributed by atoms with Crippen LogP contribution in [0.1, 0.15) is 0 Å². The molecule has 5 heterocycles. The van der Waals surface area contributed by atoms with Crippen LogP contribution in [0.4, 0.5) is 0 Å². The summed E-state index contributed by atoms with van der Waals surface area (Å²) < 4.78 is 16.9. The molecule has 0 saturated carbocycles. The van der Waals surface area contributed by atoms with Gasteiger partial charge in [0.1, 0.15) is 11.2 Å². The molecule has 65 heavy (non-hydrogen) atoms. The van der Waals surface area contributed by atoms with Crippen molar-refractivity contribution in [2.24, 2.45) is 0 Å². The molecule has 0 radical (unpaired) electrons. The number of para-hydroxylation sites is 6. The van der Waals surface area contributed by atoms with E-state index in [0.29, 0.717) is 0 Å². The summed E-state index contributed by atoms with van der Waals surface area (Å²) in [6.45, 7) is 0. The Morgan fingerprint density at radius 1 is 0.215 bits per heavy atom. The normalized spacial score (nSPS) is 12.3. The van der Waals surface area contributed by atoms with E-state index in [-0.39, 0.29) is 0 Å². The van der Waals surface area contributed by atoms with Crippen molar-refractivity contribution in [1.29, 1.82) is 0 Å². The molecule has 0 atom stereocenters. The van der Waals surface area contributed by atoms with Gasteiger partial charge in [0.25, 0.3) is 0 Å². The van der Waals surface area contributed by atoms with Gasteiger partial charge < -0.3 is 22.7 Å². The van der Waals surface area contributed by atoms with E-state index >= 15 is 0 Å². The lowest BCUT2D eigenvalue weighted by molar-refractivity contribution is 0.677. The Balaban J connectivity index is 0.959. The molecule has 15 rings (SSSR count). The Morgan fingerprint density at radius 2 is 0.569 bits per heavy atom. The van der Waals surface area contributed by atoms with Gasteiger partial charge in [0.15, 0.2) is 0 Å². The van der Waals surface area contributed by atoms with E-state index in [2.05, 4.69) is 237 Å². The Labute approximate surface area is 371 Å². The highest BCUT2D eigenvalue weighted by molar-refractivity contribution is 6.29. The predicted octanol–water partition coefficient (Wildman–Crippen LogP) is 16.0. The summed E-state index contributed by atoms with van der Waals surface area (Å²) in [6.07, 6.45) is 0. The van der Waals surface area contributed by atoms with E-state index in [1.807, 2.05) is 0 Å². The third kappa shape index (κ3) is 4.65. The Hall–Kier alpha value is -8.80. The molecule has 10 aromatic carbocycles. The maximum Gasteiger partial charge on any atom is 0.145 e. The average molecular weight is 829 g/mol. The van der Waals surface area contributed by atoms with Gasteiger partial charge in [-0.3, -0.25) is 0 Å². The van der Waals surface area contributed by atoms with Crippen molar-refractivity contribution in [3.05, 3.63) is 218 Å². The van der Waals surface area contributed by atoms with Crippen LogP contribution in [-0.2, 0) is 0 Å². The molecule has 0 aliphatic heterocycles. The van der Waals surface area contributed by atoms with Gasteiger partial charge in [-0.25, -0.2) is 0 Å². The van der Waals surface area contributed by atoms with Crippen molar-refractivity contribution < 1.29 is 4.42 Å². The lowest BCUT2D eigenvalue weighted by atomic mass is 10.1. The second kappa shape index (κ2) is 12.9. The van der Waals surface area contributed by atoms with Crippen LogP contribution in [0.5, 0.6) is 0 Å². The number of aromatic nitrogens is 4. The van der Waals surface area contributed by atoms with E-state index < -0.39 is 0 Å². The summed E-state index contributed by atoms with van der Waals surface area (Å²) in [5.41, 5.74) is 15.6. The summed E-state index contributed by atoms with van der Waals surface area (Å²) >= 11 is 0. The van der Waals surface area contributed by atoms with E-state index in [9.17, 15) is 0 Å². The first-order valence-corrected chi connectivity index (χ1v) is 22.3. The van der Waals surface area contributed by atoms with E-state index in [1.54, 1.807) is 0 Å². The SMILES string of the molecule is c1ccc(-n2c3ccccc3c3cc(-n4c5ccccc5c5c6oc7c(ccc8c7c7ccccc7n8-c7cccc(-n8c9ccccc9c9ccccc98)c7)c6ccc54)ccc32)cc1. The smallest absolute Gasteiger partial charge is 0.145 e. The van der Waals surface area contributed by atoms with Crippen LogP contribution in [0, 0.1) is 0 Å². The van der Waals surface area contributed by atoms with E-state index in [0.717, 1.165) is 82.9 Å². The molecular weight excluding hydrogens is 793 g/mol. The fourth-order valence-corrected chi connectivity index (χ4v) is 11.3. The van der Waals surface area contributed by atoms with Gasteiger partial charge in [-0.2, -0.15) is 0 Å². The molecule has 5 aromatic heterocycles. The molecule has 5 nitrogen and oxygen atoms in total. The van der Waals surface area contributed by atoms with E-state index in [1.165, 1.54) is 49.0 Å². The zero-order valence-electron chi connectivity index (χ0n) is 35.0. The Kier molecular flexibility index (Phi) is 6.89. The number of benzene rings is 10. The summed E-state index contributed by atoms with van der Waals surface area (Å²) in [5.74, 6) is 0. The molecule has 0 aliphatic rings. The van der Waals surface area contributed by atoms with Crippen LogP contribution in [0.3, 0.4) is 0 Å².